The first-order valence-corrected chi connectivity index (χ1v) is 10.1. The van der Waals surface area contributed by atoms with Crippen LogP contribution in [0.1, 0.15) is 36.6 Å². The number of pyridine rings is 1. The van der Waals surface area contributed by atoms with Crippen LogP contribution in [0.3, 0.4) is 0 Å². The SMILES string of the molecule is CCOC(=O)N1CCN([C@@H]2CCCN(Cc3[nH]cc(C)c(=O)c3C)C2)CC1. The fraction of sp³-hybridized carbons (Fsp3) is 0.700. The number of ether oxygens (including phenoxy) is 1. The van der Waals surface area contributed by atoms with Crippen molar-refractivity contribution in [3.63, 3.8) is 0 Å². The number of nitrogens with zero attached hydrogens (tertiary/aromatic N) is 3. The molecule has 0 bridgehead atoms. The van der Waals surface area contributed by atoms with Crippen molar-refractivity contribution in [2.24, 2.45) is 0 Å². The second kappa shape index (κ2) is 8.89. The van der Waals surface area contributed by atoms with Crippen LogP contribution in [0.4, 0.5) is 4.79 Å². The average molecular weight is 377 g/mol. The van der Waals surface area contributed by atoms with Gasteiger partial charge in [-0.3, -0.25) is 14.6 Å². The van der Waals surface area contributed by atoms with Crippen LogP contribution in [0.15, 0.2) is 11.0 Å². The predicted molar refractivity (Wildman–Crippen MR) is 105 cm³/mol. The maximum absolute atomic E-state index is 12.2. The largest absolute Gasteiger partial charge is 0.450 e. The summed E-state index contributed by atoms with van der Waals surface area (Å²) in [6.07, 6.45) is 3.99. The number of rotatable bonds is 4. The molecule has 0 spiro atoms. The summed E-state index contributed by atoms with van der Waals surface area (Å²) in [5, 5.41) is 0. The molecule has 1 atom stereocenters. The number of carbonyl (C=O) groups excluding carboxylic acids is 1. The van der Waals surface area contributed by atoms with E-state index in [9.17, 15) is 9.59 Å². The molecule has 2 fully saturated rings. The molecule has 1 aromatic heterocycles. The van der Waals surface area contributed by atoms with Crippen molar-refractivity contribution in [1.29, 1.82) is 0 Å². The highest BCUT2D eigenvalue weighted by atomic mass is 16.6. The summed E-state index contributed by atoms with van der Waals surface area (Å²) in [5.41, 5.74) is 2.78. The van der Waals surface area contributed by atoms with Gasteiger partial charge in [-0.2, -0.15) is 0 Å². The Morgan fingerprint density at radius 3 is 2.67 bits per heavy atom. The summed E-state index contributed by atoms with van der Waals surface area (Å²) in [7, 11) is 0. The molecule has 2 aliphatic heterocycles. The van der Waals surface area contributed by atoms with Crippen molar-refractivity contribution in [3.8, 4) is 0 Å². The Morgan fingerprint density at radius 1 is 1.22 bits per heavy atom. The van der Waals surface area contributed by atoms with Gasteiger partial charge in [-0.1, -0.05) is 0 Å². The Bertz CT molecular complexity index is 710. The van der Waals surface area contributed by atoms with Crippen molar-refractivity contribution < 1.29 is 9.53 Å². The van der Waals surface area contributed by atoms with Crippen LogP contribution in [0, 0.1) is 13.8 Å². The van der Waals surface area contributed by atoms with Crippen LogP contribution in [0.2, 0.25) is 0 Å². The van der Waals surface area contributed by atoms with Gasteiger partial charge in [0.2, 0.25) is 0 Å². The van der Waals surface area contributed by atoms with Crippen LogP contribution < -0.4 is 5.43 Å². The Balaban J connectivity index is 1.55. The molecule has 0 radical (unpaired) electrons. The minimum absolute atomic E-state index is 0.146. The second-order valence-corrected chi connectivity index (χ2v) is 7.66. The standard InChI is InChI=1S/C20H32N4O3/c1-4-27-20(26)24-10-8-23(9-11-24)17-6-5-7-22(13-17)14-18-16(3)19(25)15(2)12-21-18/h12,17H,4-11,13-14H2,1-3H3,(H,21,25)/t17-/m1/s1. The number of aromatic amines is 1. The molecule has 1 aromatic rings. The van der Waals surface area contributed by atoms with Crippen LogP contribution in [-0.2, 0) is 11.3 Å². The Morgan fingerprint density at radius 2 is 1.96 bits per heavy atom. The number of carbonyl (C=O) groups is 1. The summed E-state index contributed by atoms with van der Waals surface area (Å²) in [6.45, 7) is 12.2. The predicted octanol–water partition coefficient (Wildman–Crippen LogP) is 1.73. The van der Waals surface area contributed by atoms with E-state index in [2.05, 4.69) is 14.8 Å². The lowest BCUT2D eigenvalue weighted by molar-refractivity contribution is 0.0409. The summed E-state index contributed by atoms with van der Waals surface area (Å²) < 4.78 is 5.11. The van der Waals surface area contributed by atoms with Crippen molar-refractivity contribution >= 4 is 6.09 Å². The molecule has 3 heterocycles. The molecule has 0 saturated carbocycles. The maximum atomic E-state index is 12.2. The number of hydrogen-bond donors (Lipinski definition) is 1. The fourth-order valence-electron chi connectivity index (χ4n) is 4.15. The molecule has 2 aliphatic rings. The molecule has 7 nitrogen and oxygen atoms in total. The number of nitrogens with one attached hydrogen (secondary N) is 1. The van der Waals surface area contributed by atoms with E-state index >= 15 is 0 Å². The number of hydrogen-bond acceptors (Lipinski definition) is 5. The second-order valence-electron chi connectivity index (χ2n) is 7.66. The van der Waals surface area contributed by atoms with Gasteiger partial charge >= 0.3 is 6.09 Å². The van der Waals surface area contributed by atoms with Gasteiger partial charge < -0.3 is 14.6 Å². The molecule has 0 aliphatic carbocycles. The van der Waals surface area contributed by atoms with E-state index in [1.54, 1.807) is 4.90 Å². The number of likely N-dealkylation sites (tertiary alicyclic amines) is 1. The minimum Gasteiger partial charge on any atom is -0.450 e. The Kier molecular flexibility index (Phi) is 6.55. The average Bonchev–Trinajstić information content (AvgIpc) is 2.69. The monoisotopic (exact) mass is 376 g/mol. The molecule has 27 heavy (non-hydrogen) atoms. The van der Waals surface area contributed by atoms with Gasteiger partial charge in [0.05, 0.1) is 6.61 Å². The molecule has 2 saturated heterocycles. The van der Waals surface area contributed by atoms with Gasteiger partial charge in [0.15, 0.2) is 5.43 Å². The molecule has 1 N–H and O–H groups in total. The normalized spacial score (nSPS) is 22.0. The van der Waals surface area contributed by atoms with Crippen molar-refractivity contribution in [2.45, 2.75) is 46.2 Å². The highest BCUT2D eigenvalue weighted by Gasteiger charge is 2.30. The van der Waals surface area contributed by atoms with E-state index in [0.717, 1.165) is 69.1 Å². The van der Waals surface area contributed by atoms with E-state index in [1.165, 1.54) is 6.42 Å². The zero-order valence-electron chi connectivity index (χ0n) is 16.8. The first-order valence-electron chi connectivity index (χ1n) is 10.1. The Labute approximate surface area is 161 Å². The van der Waals surface area contributed by atoms with E-state index in [4.69, 9.17) is 4.74 Å². The minimum atomic E-state index is -0.193. The van der Waals surface area contributed by atoms with E-state index in [0.29, 0.717) is 12.6 Å². The molecule has 3 rings (SSSR count). The van der Waals surface area contributed by atoms with Crippen molar-refractivity contribution in [3.05, 3.63) is 33.2 Å². The van der Waals surface area contributed by atoms with E-state index in [-0.39, 0.29) is 11.5 Å². The highest BCUT2D eigenvalue weighted by molar-refractivity contribution is 5.67. The van der Waals surface area contributed by atoms with Gasteiger partial charge in [-0.25, -0.2) is 4.79 Å². The molecular weight excluding hydrogens is 344 g/mol. The molecule has 7 heteroatoms. The third-order valence-corrected chi connectivity index (χ3v) is 5.83. The molecule has 0 unspecified atom stereocenters. The van der Waals surface area contributed by atoms with Crippen LogP contribution >= 0.6 is 0 Å². The van der Waals surface area contributed by atoms with Gasteiger partial charge in [0.25, 0.3) is 0 Å². The third kappa shape index (κ3) is 4.71. The topological polar surface area (TPSA) is 68.9 Å². The summed E-state index contributed by atoms with van der Waals surface area (Å²) in [4.78, 5) is 34.1. The quantitative estimate of drug-likeness (QED) is 0.867. The van der Waals surface area contributed by atoms with Gasteiger partial charge in [-0.05, 0) is 40.2 Å². The first-order chi connectivity index (χ1) is 13.0. The molecule has 150 valence electrons. The summed E-state index contributed by atoms with van der Waals surface area (Å²) >= 11 is 0. The van der Waals surface area contributed by atoms with Gasteiger partial charge in [0, 0.05) is 68.3 Å². The maximum Gasteiger partial charge on any atom is 0.409 e. The smallest absolute Gasteiger partial charge is 0.409 e. The van der Waals surface area contributed by atoms with Crippen LogP contribution in [0.5, 0.6) is 0 Å². The van der Waals surface area contributed by atoms with Crippen molar-refractivity contribution in [2.75, 3.05) is 45.9 Å². The van der Waals surface area contributed by atoms with Crippen molar-refractivity contribution in [1.82, 2.24) is 19.7 Å². The zero-order valence-corrected chi connectivity index (χ0v) is 16.8. The third-order valence-electron chi connectivity index (χ3n) is 5.83. The number of piperidine rings is 1. The Hall–Kier alpha value is -1.86. The first kappa shape index (κ1) is 19.9. The molecule has 1 amide bonds. The number of aromatic nitrogens is 1. The van der Waals surface area contributed by atoms with Gasteiger partial charge in [-0.15, -0.1) is 0 Å². The number of amides is 1. The van der Waals surface area contributed by atoms with E-state index in [1.807, 2.05) is 27.0 Å². The lowest BCUT2D eigenvalue weighted by Crippen LogP contribution is -2.55. The highest BCUT2D eigenvalue weighted by Crippen LogP contribution is 2.20. The van der Waals surface area contributed by atoms with Crippen LogP contribution in [0.25, 0.3) is 0 Å². The summed E-state index contributed by atoms with van der Waals surface area (Å²) in [5.74, 6) is 0. The lowest BCUT2D eigenvalue weighted by Gasteiger charge is -2.43. The fourth-order valence-corrected chi connectivity index (χ4v) is 4.15. The van der Waals surface area contributed by atoms with E-state index < -0.39 is 0 Å². The summed E-state index contributed by atoms with van der Waals surface area (Å²) in [6, 6.07) is 0.514. The molecular formula is C20H32N4O3. The van der Waals surface area contributed by atoms with Gasteiger partial charge in [0.1, 0.15) is 0 Å². The number of piperazine rings is 1. The number of H-pyrrole nitrogens is 1. The molecule has 0 aromatic carbocycles. The number of aryl methyl sites for hydroxylation is 1. The zero-order chi connectivity index (χ0) is 19.4. The lowest BCUT2D eigenvalue weighted by atomic mass is 10.0. The van der Waals surface area contributed by atoms with Crippen LogP contribution in [-0.4, -0.2) is 77.7 Å².